The third-order valence-electron chi connectivity index (χ3n) is 4.30. The number of alkyl halides is 6. The van der Waals surface area contributed by atoms with Gasteiger partial charge in [0.25, 0.3) is 5.60 Å². The SMILES string of the molecule is CC#CC1CN(C(=O)C(C)(C)C)c2ccc(C(O)(C(F)(F)F)C(F)(F)F)cc2S1. The molecule has 0 bridgehead atoms. The lowest BCUT2D eigenvalue weighted by molar-refractivity contribution is -0.376. The van der Waals surface area contributed by atoms with E-state index in [1.807, 2.05) is 0 Å². The zero-order valence-electron chi connectivity index (χ0n) is 16.0. The third-order valence-corrected chi connectivity index (χ3v) is 5.43. The number of hydrogen-bond donors (Lipinski definition) is 1. The molecule has 1 aromatic rings. The van der Waals surface area contributed by atoms with Gasteiger partial charge in [0.15, 0.2) is 0 Å². The molecule has 0 saturated carbocycles. The van der Waals surface area contributed by atoms with Gasteiger partial charge in [-0.25, -0.2) is 0 Å². The second-order valence-corrected chi connectivity index (χ2v) is 8.80. The van der Waals surface area contributed by atoms with Crippen molar-refractivity contribution in [1.82, 2.24) is 0 Å². The maximum Gasteiger partial charge on any atom is 0.430 e. The molecule has 1 amide bonds. The van der Waals surface area contributed by atoms with Crippen LogP contribution in [0.5, 0.6) is 0 Å². The Kier molecular flexibility index (Phi) is 6.00. The first-order valence-electron chi connectivity index (χ1n) is 8.45. The van der Waals surface area contributed by atoms with Gasteiger partial charge in [-0.2, -0.15) is 26.3 Å². The maximum atomic E-state index is 13.2. The van der Waals surface area contributed by atoms with Crippen LogP contribution < -0.4 is 4.90 Å². The Hall–Kier alpha value is -1.86. The number of fused-ring (bicyclic) bond motifs is 1. The molecule has 0 aromatic heterocycles. The molecule has 1 atom stereocenters. The summed E-state index contributed by atoms with van der Waals surface area (Å²) in [6.45, 7) is 6.62. The number of rotatable bonds is 1. The summed E-state index contributed by atoms with van der Waals surface area (Å²) in [5.41, 5.74) is -7.05. The number of hydrogen-bond acceptors (Lipinski definition) is 3. The van der Waals surface area contributed by atoms with Crippen molar-refractivity contribution in [2.24, 2.45) is 5.41 Å². The maximum absolute atomic E-state index is 13.2. The lowest BCUT2D eigenvalue weighted by Gasteiger charge is -2.37. The molecule has 0 spiro atoms. The van der Waals surface area contributed by atoms with Crippen molar-refractivity contribution in [3.63, 3.8) is 0 Å². The molecule has 1 aliphatic heterocycles. The zero-order chi connectivity index (χ0) is 22.4. The van der Waals surface area contributed by atoms with Crippen LogP contribution in [0.25, 0.3) is 0 Å². The average molecular weight is 439 g/mol. The summed E-state index contributed by atoms with van der Waals surface area (Å²) in [5, 5.41) is 9.12. The van der Waals surface area contributed by atoms with Crippen molar-refractivity contribution >= 4 is 23.4 Å². The number of aliphatic hydroxyl groups is 1. The summed E-state index contributed by atoms with van der Waals surface area (Å²) in [6, 6.07) is 2.18. The van der Waals surface area contributed by atoms with E-state index in [2.05, 4.69) is 11.8 Å². The summed E-state index contributed by atoms with van der Waals surface area (Å²) in [5.74, 6) is 5.08. The van der Waals surface area contributed by atoms with Crippen LogP contribution in [0.15, 0.2) is 23.1 Å². The van der Waals surface area contributed by atoms with E-state index in [1.165, 1.54) is 11.8 Å². The Balaban J connectivity index is 2.67. The molecular formula is C19H19F6NO2S. The Bertz CT molecular complexity index is 847. The molecule has 160 valence electrons. The fraction of sp³-hybridized carbons (Fsp3) is 0.526. The summed E-state index contributed by atoms with van der Waals surface area (Å²) in [7, 11) is 0. The molecule has 0 radical (unpaired) electrons. The van der Waals surface area contributed by atoms with Gasteiger partial charge < -0.3 is 10.0 Å². The van der Waals surface area contributed by atoms with Crippen molar-refractivity contribution in [3.8, 4) is 11.8 Å². The van der Waals surface area contributed by atoms with Gasteiger partial charge in [0.05, 0.1) is 10.9 Å². The van der Waals surface area contributed by atoms with Gasteiger partial charge in [-0.05, 0) is 19.1 Å². The Morgan fingerprint density at radius 2 is 1.69 bits per heavy atom. The van der Waals surface area contributed by atoms with E-state index in [0.29, 0.717) is 12.1 Å². The van der Waals surface area contributed by atoms with Crippen LogP contribution >= 0.6 is 11.8 Å². The second kappa shape index (κ2) is 7.43. The summed E-state index contributed by atoms with van der Waals surface area (Å²) in [4.78, 5) is 14.1. The number of benzene rings is 1. The lowest BCUT2D eigenvalue weighted by Crippen LogP contribution is -2.54. The first kappa shape index (κ1) is 23.4. The Labute approximate surface area is 168 Å². The molecule has 3 nitrogen and oxygen atoms in total. The largest absolute Gasteiger partial charge is 0.430 e. The fourth-order valence-corrected chi connectivity index (χ4v) is 4.03. The van der Waals surface area contributed by atoms with Crippen molar-refractivity contribution < 1.29 is 36.2 Å². The van der Waals surface area contributed by atoms with E-state index >= 15 is 0 Å². The van der Waals surface area contributed by atoms with Crippen LogP contribution in [-0.4, -0.2) is 35.2 Å². The predicted molar refractivity (Wildman–Crippen MR) is 97.4 cm³/mol. The standard InChI is InChI=1S/C19H19F6NO2S/c1-5-6-12-10-26(15(27)16(2,3)4)13-8-7-11(9-14(13)29-12)17(28,18(20,21)22)19(23,24)25/h7-9,12,28H,10H2,1-4H3. The van der Waals surface area contributed by atoms with Gasteiger partial charge in [0, 0.05) is 22.4 Å². The summed E-state index contributed by atoms with van der Waals surface area (Å²) < 4.78 is 79.3. The molecule has 2 rings (SSSR count). The monoisotopic (exact) mass is 439 g/mol. The highest BCUT2D eigenvalue weighted by molar-refractivity contribution is 8.00. The van der Waals surface area contributed by atoms with E-state index in [4.69, 9.17) is 0 Å². The number of nitrogens with zero attached hydrogens (tertiary/aromatic N) is 1. The highest BCUT2D eigenvalue weighted by Gasteiger charge is 2.71. The van der Waals surface area contributed by atoms with E-state index in [1.54, 1.807) is 20.8 Å². The minimum Gasteiger partial charge on any atom is -0.369 e. The number of anilines is 1. The van der Waals surface area contributed by atoms with Crippen LogP contribution in [0.4, 0.5) is 32.0 Å². The molecule has 0 aliphatic carbocycles. The van der Waals surface area contributed by atoms with Gasteiger partial charge in [-0.1, -0.05) is 32.8 Å². The normalized spacial score (nSPS) is 18.0. The molecule has 1 unspecified atom stereocenters. The zero-order valence-corrected chi connectivity index (χ0v) is 16.8. The smallest absolute Gasteiger partial charge is 0.369 e. The minimum atomic E-state index is -5.98. The Morgan fingerprint density at radius 1 is 1.14 bits per heavy atom. The quantitative estimate of drug-likeness (QED) is 0.501. The average Bonchev–Trinajstić information content (AvgIpc) is 2.56. The van der Waals surface area contributed by atoms with Crippen molar-refractivity contribution in [3.05, 3.63) is 23.8 Å². The van der Waals surface area contributed by atoms with Crippen molar-refractivity contribution in [1.29, 1.82) is 0 Å². The van der Waals surface area contributed by atoms with E-state index in [0.717, 1.165) is 17.8 Å². The van der Waals surface area contributed by atoms with Crippen LogP contribution in [0, 0.1) is 17.3 Å². The summed E-state index contributed by atoms with van der Waals surface area (Å²) in [6.07, 6.45) is -12.0. The topological polar surface area (TPSA) is 40.5 Å². The first-order valence-corrected chi connectivity index (χ1v) is 9.33. The first-order chi connectivity index (χ1) is 13.0. The molecule has 0 saturated heterocycles. The van der Waals surface area contributed by atoms with Gasteiger partial charge in [-0.3, -0.25) is 4.79 Å². The number of amides is 1. The third kappa shape index (κ3) is 4.21. The molecule has 29 heavy (non-hydrogen) atoms. The number of halogens is 6. The van der Waals surface area contributed by atoms with E-state index in [-0.39, 0.29) is 23.0 Å². The lowest BCUT2D eigenvalue weighted by atomic mass is 9.91. The summed E-state index contributed by atoms with van der Waals surface area (Å²) >= 11 is 0.952. The Morgan fingerprint density at radius 3 is 2.14 bits per heavy atom. The number of carbonyl (C=O) groups is 1. The van der Waals surface area contributed by atoms with Crippen LogP contribution in [-0.2, 0) is 10.4 Å². The highest BCUT2D eigenvalue weighted by Crippen LogP contribution is 2.52. The molecule has 1 heterocycles. The van der Waals surface area contributed by atoms with Crippen molar-refractivity contribution in [2.75, 3.05) is 11.4 Å². The number of thioether (sulfide) groups is 1. The predicted octanol–water partition coefficient (Wildman–Crippen LogP) is 4.88. The molecular weight excluding hydrogens is 420 g/mol. The van der Waals surface area contributed by atoms with Gasteiger partial charge in [0.2, 0.25) is 5.91 Å². The van der Waals surface area contributed by atoms with E-state index < -0.39 is 34.2 Å². The van der Waals surface area contributed by atoms with Crippen LogP contribution in [0.3, 0.4) is 0 Å². The highest BCUT2D eigenvalue weighted by atomic mass is 32.2. The van der Waals surface area contributed by atoms with Gasteiger partial charge in [0.1, 0.15) is 0 Å². The van der Waals surface area contributed by atoms with Crippen LogP contribution in [0.1, 0.15) is 33.3 Å². The molecule has 0 fully saturated rings. The molecule has 1 aliphatic rings. The van der Waals surface area contributed by atoms with Crippen molar-refractivity contribution in [2.45, 2.75) is 55.8 Å². The van der Waals surface area contributed by atoms with E-state index in [9.17, 15) is 36.2 Å². The van der Waals surface area contributed by atoms with Gasteiger partial charge >= 0.3 is 12.4 Å². The number of carbonyl (C=O) groups excluding carboxylic acids is 1. The minimum absolute atomic E-state index is 0.00558. The second-order valence-electron chi connectivity index (χ2n) is 7.56. The fourth-order valence-electron chi connectivity index (χ4n) is 2.83. The molecule has 1 N–H and O–H groups in total. The van der Waals surface area contributed by atoms with Crippen LogP contribution in [0.2, 0.25) is 0 Å². The molecule has 10 heteroatoms. The molecule has 1 aromatic carbocycles. The van der Waals surface area contributed by atoms with Gasteiger partial charge in [-0.15, -0.1) is 17.7 Å².